The maximum Gasteiger partial charge on any atom is 0.475 e. The van der Waals surface area contributed by atoms with Crippen molar-refractivity contribution in [1.29, 1.82) is 0 Å². The third-order valence-corrected chi connectivity index (χ3v) is 8.94. The van der Waals surface area contributed by atoms with Crippen LogP contribution in [0.1, 0.15) is 43.0 Å². The van der Waals surface area contributed by atoms with Gasteiger partial charge in [-0.3, -0.25) is 28.0 Å². The fourth-order valence-electron chi connectivity index (χ4n) is 5.52. The third-order valence-electron chi connectivity index (χ3n) is 7.55. The van der Waals surface area contributed by atoms with E-state index in [1.807, 2.05) is 84.9 Å². The number of ether oxygens (including phenoxy) is 5. The Morgan fingerprint density at radius 2 is 0.936 bits per heavy atom. The molecule has 250 valence electrons. The number of hydrogen-bond acceptors (Lipinski definition) is 12. The number of carbonyl (C=O) groups is 3. The SMILES string of the molecule is CC(=O)O[C@H]1[C@H](OCc2ccccc2)[C@H](OC(C)=O)[C@H](OP2(=O)OCc3ccccc3CO2)[C@@H](OCc2ccccc2)[C@@H]1OC(C)=O. The zero-order valence-corrected chi connectivity index (χ0v) is 27.1. The Morgan fingerprint density at radius 3 is 1.34 bits per heavy atom. The third kappa shape index (κ3) is 9.13. The minimum atomic E-state index is -4.41. The standard InChI is InChI=1S/C34H37O12P/c1-22(35)43-31-29(39-18-25-12-6-4-7-13-25)33(45-24(3)37)34(46-47(38)41-20-27-16-10-11-17-28(27)21-42-47)30(32(31)44-23(2)36)40-19-26-14-8-5-9-15-26/h4-17,29-34H,18-21H2,1-3H3/t29-,30-,31-,32-,33-,34+/m0/s1. The monoisotopic (exact) mass is 668 g/mol. The van der Waals surface area contributed by atoms with Gasteiger partial charge in [-0.15, -0.1) is 0 Å². The molecule has 5 rings (SSSR count). The molecule has 6 atom stereocenters. The van der Waals surface area contributed by atoms with Crippen LogP contribution in [0.5, 0.6) is 0 Å². The van der Waals surface area contributed by atoms with Gasteiger partial charge in [0, 0.05) is 20.8 Å². The number of fused-ring (bicyclic) bond motifs is 1. The van der Waals surface area contributed by atoms with Crippen LogP contribution in [-0.4, -0.2) is 54.5 Å². The van der Waals surface area contributed by atoms with Crippen LogP contribution in [0, 0.1) is 0 Å². The molecule has 1 aliphatic heterocycles. The van der Waals surface area contributed by atoms with E-state index in [4.69, 9.17) is 37.3 Å². The molecule has 0 amide bonds. The zero-order chi connectivity index (χ0) is 33.4. The number of hydrogen-bond donors (Lipinski definition) is 0. The number of phosphoric ester groups is 1. The second-order valence-electron chi connectivity index (χ2n) is 11.1. The topological polar surface area (TPSA) is 142 Å². The number of phosphoric acid groups is 1. The summed E-state index contributed by atoms with van der Waals surface area (Å²) >= 11 is 0. The van der Waals surface area contributed by atoms with Crippen molar-refractivity contribution >= 4 is 25.7 Å². The van der Waals surface area contributed by atoms with Crippen LogP contribution in [0.15, 0.2) is 84.9 Å². The van der Waals surface area contributed by atoms with Crippen LogP contribution in [0.25, 0.3) is 0 Å². The van der Waals surface area contributed by atoms with Crippen LogP contribution in [0.3, 0.4) is 0 Å². The Kier molecular flexibility index (Phi) is 11.6. The summed E-state index contributed by atoms with van der Waals surface area (Å²) in [5, 5.41) is 0. The summed E-state index contributed by atoms with van der Waals surface area (Å²) < 4.78 is 61.8. The summed E-state index contributed by atoms with van der Waals surface area (Å²) in [7, 11) is -4.41. The van der Waals surface area contributed by atoms with Crippen molar-refractivity contribution in [1.82, 2.24) is 0 Å². The van der Waals surface area contributed by atoms with E-state index in [1.54, 1.807) is 0 Å². The molecule has 13 heteroatoms. The van der Waals surface area contributed by atoms with E-state index in [-0.39, 0.29) is 26.4 Å². The van der Waals surface area contributed by atoms with E-state index < -0.39 is 62.4 Å². The van der Waals surface area contributed by atoms with Crippen LogP contribution < -0.4 is 0 Å². The molecule has 2 aliphatic rings. The first-order valence-electron chi connectivity index (χ1n) is 15.1. The summed E-state index contributed by atoms with van der Waals surface area (Å²) in [6.45, 7) is 3.32. The van der Waals surface area contributed by atoms with Crippen molar-refractivity contribution in [3.05, 3.63) is 107 Å². The molecular formula is C34H37O12P. The summed E-state index contributed by atoms with van der Waals surface area (Å²) in [4.78, 5) is 37.7. The van der Waals surface area contributed by atoms with Gasteiger partial charge in [0.2, 0.25) is 0 Å². The molecule has 3 aromatic carbocycles. The lowest BCUT2D eigenvalue weighted by atomic mass is 9.83. The van der Waals surface area contributed by atoms with Crippen molar-refractivity contribution in [3.63, 3.8) is 0 Å². The van der Waals surface area contributed by atoms with Crippen LogP contribution in [-0.2, 0) is 82.6 Å². The van der Waals surface area contributed by atoms with Gasteiger partial charge in [-0.2, -0.15) is 0 Å². The molecule has 0 N–H and O–H groups in total. The van der Waals surface area contributed by atoms with E-state index in [0.717, 1.165) is 22.3 Å². The Morgan fingerprint density at radius 1 is 0.574 bits per heavy atom. The fourth-order valence-corrected chi connectivity index (χ4v) is 6.84. The predicted molar refractivity (Wildman–Crippen MR) is 165 cm³/mol. The van der Waals surface area contributed by atoms with Gasteiger partial charge in [-0.25, -0.2) is 4.57 Å². The van der Waals surface area contributed by atoms with E-state index >= 15 is 0 Å². The molecule has 0 saturated heterocycles. The largest absolute Gasteiger partial charge is 0.475 e. The van der Waals surface area contributed by atoms with Gasteiger partial charge in [0.25, 0.3) is 0 Å². The first-order chi connectivity index (χ1) is 22.6. The second kappa shape index (κ2) is 15.8. The summed E-state index contributed by atoms with van der Waals surface area (Å²) in [5.41, 5.74) is 3.00. The highest BCUT2D eigenvalue weighted by molar-refractivity contribution is 7.48. The van der Waals surface area contributed by atoms with Crippen molar-refractivity contribution in [2.24, 2.45) is 0 Å². The fraction of sp³-hybridized carbons (Fsp3) is 0.382. The normalized spacial score (nSPS) is 25.1. The molecule has 0 unspecified atom stereocenters. The molecule has 0 aromatic heterocycles. The van der Waals surface area contributed by atoms with Crippen molar-refractivity contribution in [3.8, 4) is 0 Å². The van der Waals surface area contributed by atoms with Crippen LogP contribution in [0.4, 0.5) is 0 Å². The molecule has 0 radical (unpaired) electrons. The van der Waals surface area contributed by atoms with Crippen molar-refractivity contribution < 1.29 is 56.2 Å². The van der Waals surface area contributed by atoms with Crippen LogP contribution >= 0.6 is 7.82 Å². The van der Waals surface area contributed by atoms with Gasteiger partial charge in [0.1, 0.15) is 18.3 Å². The Hall–Kier alpha value is -3.90. The Labute approximate surface area is 272 Å². The molecular weight excluding hydrogens is 631 g/mol. The van der Waals surface area contributed by atoms with Gasteiger partial charge >= 0.3 is 25.7 Å². The molecule has 0 bridgehead atoms. The number of esters is 3. The van der Waals surface area contributed by atoms with Crippen LogP contribution in [0.2, 0.25) is 0 Å². The van der Waals surface area contributed by atoms with E-state index in [0.29, 0.717) is 0 Å². The predicted octanol–water partition coefficient (Wildman–Crippen LogP) is 5.21. The second-order valence-corrected chi connectivity index (χ2v) is 12.7. The molecule has 47 heavy (non-hydrogen) atoms. The van der Waals surface area contributed by atoms with Crippen molar-refractivity contribution in [2.75, 3.05) is 0 Å². The minimum absolute atomic E-state index is 0.0178. The molecule has 0 spiro atoms. The van der Waals surface area contributed by atoms with Crippen molar-refractivity contribution in [2.45, 2.75) is 83.8 Å². The molecule has 1 fully saturated rings. The first kappa shape index (κ1) is 34.4. The summed E-state index contributed by atoms with van der Waals surface area (Å²) in [5.74, 6) is -2.18. The molecule has 1 heterocycles. The van der Waals surface area contributed by atoms with Gasteiger partial charge in [0.05, 0.1) is 26.4 Å². The molecule has 1 saturated carbocycles. The number of carbonyl (C=O) groups excluding carboxylic acids is 3. The lowest BCUT2D eigenvalue weighted by molar-refractivity contribution is -0.263. The Bertz CT molecular complexity index is 1530. The minimum Gasteiger partial charge on any atom is -0.457 e. The zero-order valence-electron chi connectivity index (χ0n) is 26.2. The smallest absolute Gasteiger partial charge is 0.457 e. The summed E-state index contributed by atoms with van der Waals surface area (Å²) in [6.07, 6.45) is -8.19. The molecule has 3 aromatic rings. The van der Waals surface area contributed by atoms with Gasteiger partial charge in [-0.1, -0.05) is 84.9 Å². The van der Waals surface area contributed by atoms with E-state index in [9.17, 15) is 18.9 Å². The maximum atomic E-state index is 14.2. The summed E-state index contributed by atoms with van der Waals surface area (Å²) in [6, 6.07) is 25.5. The molecule has 1 aliphatic carbocycles. The highest BCUT2D eigenvalue weighted by Crippen LogP contribution is 2.55. The number of rotatable bonds is 11. The van der Waals surface area contributed by atoms with Gasteiger partial charge < -0.3 is 23.7 Å². The highest BCUT2D eigenvalue weighted by Gasteiger charge is 2.60. The maximum absolute atomic E-state index is 14.2. The number of benzene rings is 3. The average molecular weight is 669 g/mol. The first-order valence-corrected chi connectivity index (χ1v) is 16.5. The van der Waals surface area contributed by atoms with Gasteiger partial charge in [-0.05, 0) is 22.3 Å². The molecule has 12 nitrogen and oxygen atoms in total. The Balaban J connectivity index is 1.57. The lowest BCUT2D eigenvalue weighted by Gasteiger charge is -2.48. The van der Waals surface area contributed by atoms with E-state index in [1.165, 1.54) is 20.8 Å². The van der Waals surface area contributed by atoms with E-state index in [2.05, 4.69) is 0 Å². The average Bonchev–Trinajstić information content (AvgIpc) is 3.21. The lowest BCUT2D eigenvalue weighted by Crippen LogP contribution is -2.68. The quantitative estimate of drug-likeness (QED) is 0.150. The highest BCUT2D eigenvalue weighted by atomic mass is 31.2. The van der Waals surface area contributed by atoms with Gasteiger partial charge in [0.15, 0.2) is 18.3 Å².